The van der Waals surface area contributed by atoms with Crippen molar-refractivity contribution >= 4 is 0 Å². The summed E-state index contributed by atoms with van der Waals surface area (Å²) in [7, 11) is 3.28. The molecule has 0 amide bonds. The second kappa shape index (κ2) is 7.61. The number of ether oxygens (including phenoxy) is 2. The van der Waals surface area contributed by atoms with Crippen molar-refractivity contribution in [1.29, 1.82) is 0 Å². The molecule has 1 aromatic heterocycles. The fourth-order valence-corrected chi connectivity index (χ4v) is 2.24. The van der Waals surface area contributed by atoms with E-state index in [1.54, 1.807) is 26.6 Å². The first-order valence-corrected chi connectivity index (χ1v) is 6.85. The van der Waals surface area contributed by atoms with Crippen LogP contribution in [0.1, 0.15) is 23.6 Å². The molecule has 1 aromatic carbocycles. The van der Waals surface area contributed by atoms with Crippen molar-refractivity contribution in [2.75, 3.05) is 14.2 Å². The Hall–Kier alpha value is -2.11. The highest BCUT2D eigenvalue weighted by molar-refractivity contribution is 5.39. The van der Waals surface area contributed by atoms with E-state index in [2.05, 4.69) is 10.4 Å². The molecule has 2 rings (SSSR count). The predicted molar refractivity (Wildman–Crippen MR) is 82.2 cm³/mol. The van der Waals surface area contributed by atoms with Crippen LogP contribution in [-0.2, 0) is 6.42 Å². The summed E-state index contributed by atoms with van der Waals surface area (Å²) in [4.78, 5) is 4.02. The van der Waals surface area contributed by atoms with Crippen LogP contribution in [0.3, 0.4) is 0 Å². The Labute approximate surface area is 125 Å². The zero-order valence-corrected chi connectivity index (χ0v) is 12.4. The summed E-state index contributed by atoms with van der Waals surface area (Å²) in [6.07, 6.45) is 5.39. The topological polar surface area (TPSA) is 69.4 Å². The van der Waals surface area contributed by atoms with E-state index in [4.69, 9.17) is 15.3 Å². The van der Waals surface area contributed by atoms with Crippen molar-refractivity contribution in [3.05, 3.63) is 53.9 Å². The molecular weight excluding hydrogens is 266 g/mol. The Balaban J connectivity index is 2.13. The predicted octanol–water partition coefficient (Wildman–Crippen LogP) is 2.24. The van der Waals surface area contributed by atoms with Gasteiger partial charge in [-0.05, 0) is 48.2 Å². The van der Waals surface area contributed by atoms with Gasteiger partial charge in [-0.2, -0.15) is 0 Å². The molecule has 1 unspecified atom stereocenters. The molecule has 0 bridgehead atoms. The lowest BCUT2D eigenvalue weighted by molar-refractivity contribution is 0.390. The molecule has 1 heterocycles. The molecule has 0 saturated carbocycles. The lowest BCUT2D eigenvalue weighted by atomic mass is 9.99. The van der Waals surface area contributed by atoms with Crippen LogP contribution in [-0.4, -0.2) is 19.2 Å². The van der Waals surface area contributed by atoms with Crippen LogP contribution in [0.2, 0.25) is 0 Å². The molecule has 0 saturated heterocycles. The first-order chi connectivity index (χ1) is 10.3. The van der Waals surface area contributed by atoms with Crippen LogP contribution < -0.4 is 20.7 Å². The van der Waals surface area contributed by atoms with Crippen LogP contribution >= 0.6 is 0 Å². The summed E-state index contributed by atoms with van der Waals surface area (Å²) in [5.74, 6) is 7.22. The van der Waals surface area contributed by atoms with Gasteiger partial charge in [-0.25, -0.2) is 0 Å². The van der Waals surface area contributed by atoms with Gasteiger partial charge in [0.1, 0.15) is 11.5 Å². The Kier molecular flexibility index (Phi) is 5.54. The summed E-state index contributed by atoms with van der Waals surface area (Å²) < 4.78 is 10.6. The molecule has 3 N–H and O–H groups in total. The quantitative estimate of drug-likeness (QED) is 0.604. The van der Waals surface area contributed by atoms with Gasteiger partial charge in [0.25, 0.3) is 0 Å². The van der Waals surface area contributed by atoms with E-state index < -0.39 is 0 Å². The molecule has 0 aliphatic heterocycles. The molecule has 0 aliphatic carbocycles. The zero-order valence-electron chi connectivity index (χ0n) is 12.4. The molecule has 0 radical (unpaired) electrons. The van der Waals surface area contributed by atoms with E-state index in [0.717, 1.165) is 29.9 Å². The van der Waals surface area contributed by atoms with Crippen LogP contribution in [0, 0.1) is 0 Å². The highest BCUT2D eigenvalue weighted by atomic mass is 16.5. The molecule has 1 atom stereocenters. The minimum atomic E-state index is 0.0298. The highest BCUT2D eigenvalue weighted by Crippen LogP contribution is 2.28. The average Bonchev–Trinajstić information content (AvgIpc) is 2.56. The number of benzene rings is 1. The third-order valence-electron chi connectivity index (χ3n) is 3.45. The van der Waals surface area contributed by atoms with Crippen molar-refractivity contribution in [1.82, 2.24) is 10.4 Å². The van der Waals surface area contributed by atoms with Crippen molar-refractivity contribution in [3.8, 4) is 11.5 Å². The lowest BCUT2D eigenvalue weighted by Gasteiger charge is -2.18. The van der Waals surface area contributed by atoms with Gasteiger partial charge in [-0.1, -0.05) is 0 Å². The molecule has 0 spiro atoms. The highest BCUT2D eigenvalue weighted by Gasteiger charge is 2.13. The normalized spacial score (nSPS) is 12.0. The number of aromatic nitrogens is 1. The Morgan fingerprint density at radius 3 is 2.24 bits per heavy atom. The van der Waals surface area contributed by atoms with E-state index in [0.29, 0.717) is 0 Å². The average molecular weight is 287 g/mol. The fourth-order valence-electron chi connectivity index (χ4n) is 2.24. The minimum absolute atomic E-state index is 0.0298. The third-order valence-corrected chi connectivity index (χ3v) is 3.45. The summed E-state index contributed by atoms with van der Waals surface area (Å²) in [6.45, 7) is 0. The number of pyridine rings is 1. The van der Waals surface area contributed by atoms with Gasteiger partial charge < -0.3 is 9.47 Å². The van der Waals surface area contributed by atoms with Gasteiger partial charge in [-0.3, -0.25) is 16.3 Å². The second-order valence-electron chi connectivity index (χ2n) is 4.76. The van der Waals surface area contributed by atoms with E-state index in [9.17, 15) is 0 Å². The van der Waals surface area contributed by atoms with Crippen molar-refractivity contribution in [3.63, 3.8) is 0 Å². The molecule has 5 nitrogen and oxygen atoms in total. The minimum Gasteiger partial charge on any atom is -0.497 e. The number of nitrogens with zero attached hydrogens (tertiary/aromatic N) is 1. The van der Waals surface area contributed by atoms with E-state index in [-0.39, 0.29) is 6.04 Å². The smallest absolute Gasteiger partial charge is 0.122 e. The van der Waals surface area contributed by atoms with Crippen molar-refractivity contribution < 1.29 is 9.47 Å². The second-order valence-corrected chi connectivity index (χ2v) is 4.76. The van der Waals surface area contributed by atoms with Gasteiger partial charge in [0.2, 0.25) is 0 Å². The van der Waals surface area contributed by atoms with Crippen molar-refractivity contribution in [2.24, 2.45) is 5.84 Å². The van der Waals surface area contributed by atoms with Crippen LogP contribution in [0.5, 0.6) is 11.5 Å². The standard InChI is InChI=1S/C16H21N3O2/c1-20-14-9-13(10-15(11-14)21-2)16(19-17)4-3-12-5-7-18-8-6-12/h5-11,16,19H,3-4,17H2,1-2H3. The number of rotatable bonds is 7. The number of aryl methyl sites for hydroxylation is 1. The van der Waals surface area contributed by atoms with Crippen molar-refractivity contribution in [2.45, 2.75) is 18.9 Å². The van der Waals surface area contributed by atoms with Crippen LogP contribution in [0.4, 0.5) is 0 Å². The summed E-state index contributed by atoms with van der Waals surface area (Å²) in [5.41, 5.74) is 5.14. The van der Waals surface area contributed by atoms with Gasteiger partial charge >= 0.3 is 0 Å². The molecule has 0 aliphatic rings. The number of nitrogens with two attached hydrogens (primary N) is 1. The Morgan fingerprint density at radius 2 is 1.71 bits per heavy atom. The van der Waals surface area contributed by atoms with E-state index in [1.807, 2.05) is 30.3 Å². The van der Waals surface area contributed by atoms with E-state index in [1.165, 1.54) is 5.56 Å². The summed E-state index contributed by atoms with van der Waals surface area (Å²) >= 11 is 0. The van der Waals surface area contributed by atoms with Gasteiger partial charge in [0, 0.05) is 24.5 Å². The fraction of sp³-hybridized carbons (Fsp3) is 0.312. The van der Waals surface area contributed by atoms with Crippen LogP contribution in [0.15, 0.2) is 42.7 Å². The number of hydrogen-bond donors (Lipinski definition) is 2. The van der Waals surface area contributed by atoms with E-state index >= 15 is 0 Å². The third kappa shape index (κ3) is 4.18. The largest absolute Gasteiger partial charge is 0.497 e. The Bertz CT molecular complexity index is 538. The molecule has 112 valence electrons. The summed E-state index contributed by atoms with van der Waals surface area (Å²) in [5, 5.41) is 0. The maximum Gasteiger partial charge on any atom is 0.122 e. The zero-order chi connectivity index (χ0) is 15.1. The maximum atomic E-state index is 5.71. The summed E-state index contributed by atoms with van der Waals surface area (Å²) in [6, 6.07) is 9.85. The molecule has 5 heteroatoms. The first-order valence-electron chi connectivity index (χ1n) is 6.85. The molecule has 21 heavy (non-hydrogen) atoms. The lowest BCUT2D eigenvalue weighted by Crippen LogP contribution is -2.28. The first kappa shape index (κ1) is 15.3. The SMILES string of the molecule is COc1cc(OC)cc(C(CCc2ccncc2)NN)c1. The van der Waals surface area contributed by atoms with Gasteiger partial charge in [-0.15, -0.1) is 0 Å². The number of methoxy groups -OCH3 is 2. The molecular formula is C16H21N3O2. The van der Waals surface area contributed by atoms with Gasteiger partial charge in [0.05, 0.1) is 14.2 Å². The molecule has 0 fully saturated rings. The number of hydrazine groups is 1. The van der Waals surface area contributed by atoms with Crippen LogP contribution in [0.25, 0.3) is 0 Å². The number of nitrogens with one attached hydrogen (secondary N) is 1. The molecule has 2 aromatic rings. The monoisotopic (exact) mass is 287 g/mol. The Morgan fingerprint density at radius 1 is 1.10 bits per heavy atom. The number of hydrogen-bond acceptors (Lipinski definition) is 5. The maximum absolute atomic E-state index is 5.71. The van der Waals surface area contributed by atoms with Gasteiger partial charge in [0.15, 0.2) is 0 Å².